The van der Waals surface area contributed by atoms with Crippen LogP contribution >= 0.6 is 0 Å². The lowest BCUT2D eigenvalue weighted by Crippen LogP contribution is -2.06. The number of nitro benzene ring substituents is 1. The summed E-state index contributed by atoms with van der Waals surface area (Å²) in [6.45, 7) is 5.74. The molecule has 0 aliphatic carbocycles. The van der Waals surface area contributed by atoms with Gasteiger partial charge in [-0.25, -0.2) is 4.79 Å². The molecule has 0 bridgehead atoms. The van der Waals surface area contributed by atoms with Gasteiger partial charge in [-0.15, -0.1) is 0 Å². The van der Waals surface area contributed by atoms with E-state index in [2.05, 4.69) is 16.6 Å². The first-order valence-corrected chi connectivity index (χ1v) is 5.64. The minimum Gasteiger partial charge on any atom is -0.465 e. The van der Waals surface area contributed by atoms with Crippen molar-refractivity contribution in [2.45, 2.75) is 20.8 Å². The second-order valence-corrected chi connectivity index (χ2v) is 4.98. The Kier molecular flexibility index (Phi) is 4.28. The topological polar surface area (TPSA) is 69.4 Å². The standard InChI is InChI=1S/C14H15NO4/c1-14(2,3)8-7-10-9-11(15(17)18)5-6-12(10)13(16)19-4/h5-6,9H,1-4H3. The second-order valence-electron chi connectivity index (χ2n) is 4.98. The summed E-state index contributed by atoms with van der Waals surface area (Å²) < 4.78 is 4.63. The molecule has 0 aromatic heterocycles. The number of methoxy groups -OCH3 is 1. The number of hydrogen-bond acceptors (Lipinski definition) is 4. The summed E-state index contributed by atoms with van der Waals surface area (Å²) in [7, 11) is 1.25. The monoisotopic (exact) mass is 261 g/mol. The highest BCUT2D eigenvalue weighted by atomic mass is 16.6. The molecule has 0 aliphatic heterocycles. The molecule has 0 spiro atoms. The van der Waals surface area contributed by atoms with Gasteiger partial charge < -0.3 is 4.74 Å². The summed E-state index contributed by atoms with van der Waals surface area (Å²) in [5.74, 6) is 5.19. The van der Waals surface area contributed by atoms with Gasteiger partial charge in [0.15, 0.2) is 0 Å². The highest BCUT2D eigenvalue weighted by molar-refractivity contribution is 5.92. The molecule has 0 N–H and O–H groups in total. The minimum absolute atomic E-state index is 0.106. The van der Waals surface area contributed by atoms with E-state index in [4.69, 9.17) is 0 Å². The average molecular weight is 261 g/mol. The number of carbonyl (C=O) groups is 1. The fourth-order valence-corrected chi connectivity index (χ4v) is 1.29. The summed E-state index contributed by atoms with van der Waals surface area (Å²) in [5, 5.41) is 10.7. The number of nitro groups is 1. The maximum Gasteiger partial charge on any atom is 0.339 e. The second kappa shape index (κ2) is 5.53. The van der Waals surface area contributed by atoms with Gasteiger partial charge in [-0.1, -0.05) is 11.8 Å². The number of benzene rings is 1. The van der Waals surface area contributed by atoms with Crippen LogP contribution in [0.5, 0.6) is 0 Å². The Morgan fingerprint density at radius 1 is 1.37 bits per heavy atom. The average Bonchev–Trinajstić information content (AvgIpc) is 2.34. The molecule has 1 rings (SSSR count). The van der Waals surface area contributed by atoms with Crippen molar-refractivity contribution in [2.75, 3.05) is 7.11 Å². The summed E-state index contributed by atoms with van der Waals surface area (Å²) in [6, 6.07) is 3.90. The lowest BCUT2D eigenvalue weighted by atomic mass is 9.96. The van der Waals surface area contributed by atoms with Crippen molar-refractivity contribution in [3.8, 4) is 11.8 Å². The molecule has 0 atom stereocenters. The summed E-state index contributed by atoms with van der Waals surface area (Å²) >= 11 is 0. The van der Waals surface area contributed by atoms with Crippen LogP contribution in [0.25, 0.3) is 0 Å². The van der Waals surface area contributed by atoms with Gasteiger partial charge in [-0.3, -0.25) is 10.1 Å². The maximum atomic E-state index is 11.6. The Labute approximate surface area is 111 Å². The third-order valence-corrected chi connectivity index (χ3v) is 2.19. The van der Waals surface area contributed by atoms with Crippen molar-refractivity contribution in [3.63, 3.8) is 0 Å². The van der Waals surface area contributed by atoms with Gasteiger partial charge in [-0.05, 0) is 26.8 Å². The van der Waals surface area contributed by atoms with E-state index in [1.165, 1.54) is 25.3 Å². The maximum absolute atomic E-state index is 11.6. The van der Waals surface area contributed by atoms with Crippen LogP contribution in [0.2, 0.25) is 0 Å². The van der Waals surface area contributed by atoms with Crippen molar-refractivity contribution >= 4 is 11.7 Å². The molecule has 1 aromatic rings. The van der Waals surface area contributed by atoms with Gasteiger partial charge in [0.05, 0.1) is 17.6 Å². The Hall–Kier alpha value is -2.35. The van der Waals surface area contributed by atoms with Crippen molar-refractivity contribution in [3.05, 3.63) is 39.4 Å². The van der Waals surface area contributed by atoms with Crippen LogP contribution in [0.3, 0.4) is 0 Å². The summed E-state index contributed by atoms with van der Waals surface area (Å²) in [6.07, 6.45) is 0. The Bertz CT molecular complexity index is 573. The molecular formula is C14H15NO4. The van der Waals surface area contributed by atoms with Crippen LogP contribution in [0.15, 0.2) is 18.2 Å². The third kappa shape index (κ3) is 4.11. The Morgan fingerprint density at radius 3 is 2.47 bits per heavy atom. The zero-order chi connectivity index (χ0) is 14.6. The molecule has 0 radical (unpaired) electrons. The first kappa shape index (κ1) is 14.7. The van der Waals surface area contributed by atoms with Gasteiger partial charge in [0.2, 0.25) is 0 Å². The molecule has 0 fully saturated rings. The lowest BCUT2D eigenvalue weighted by molar-refractivity contribution is -0.384. The quantitative estimate of drug-likeness (QED) is 0.355. The lowest BCUT2D eigenvalue weighted by Gasteiger charge is -2.07. The molecule has 100 valence electrons. The fourth-order valence-electron chi connectivity index (χ4n) is 1.29. The van der Waals surface area contributed by atoms with Gasteiger partial charge in [-0.2, -0.15) is 0 Å². The minimum atomic E-state index is -0.562. The molecule has 5 nitrogen and oxygen atoms in total. The van der Waals surface area contributed by atoms with Crippen LogP contribution in [0.1, 0.15) is 36.7 Å². The van der Waals surface area contributed by atoms with Crippen molar-refractivity contribution in [1.82, 2.24) is 0 Å². The first-order valence-electron chi connectivity index (χ1n) is 5.64. The van der Waals surface area contributed by atoms with Crippen LogP contribution < -0.4 is 0 Å². The van der Waals surface area contributed by atoms with Gasteiger partial charge in [0.25, 0.3) is 5.69 Å². The Morgan fingerprint density at radius 2 is 2.00 bits per heavy atom. The normalized spacial score (nSPS) is 10.3. The number of rotatable bonds is 2. The largest absolute Gasteiger partial charge is 0.465 e. The summed E-state index contributed by atoms with van der Waals surface area (Å²) in [5.41, 5.74) is 0.157. The van der Waals surface area contributed by atoms with Gasteiger partial charge in [0, 0.05) is 23.1 Å². The van der Waals surface area contributed by atoms with E-state index >= 15 is 0 Å². The number of ether oxygens (including phenoxy) is 1. The first-order chi connectivity index (χ1) is 8.74. The molecule has 0 saturated carbocycles. The van der Waals surface area contributed by atoms with E-state index in [0.717, 1.165) is 0 Å². The van der Waals surface area contributed by atoms with Crippen LogP contribution in [0, 0.1) is 27.4 Å². The van der Waals surface area contributed by atoms with E-state index in [0.29, 0.717) is 5.56 Å². The van der Waals surface area contributed by atoms with E-state index in [1.54, 1.807) is 0 Å². The number of esters is 1. The van der Waals surface area contributed by atoms with E-state index < -0.39 is 10.9 Å². The van der Waals surface area contributed by atoms with Gasteiger partial charge in [0.1, 0.15) is 0 Å². The number of nitrogens with zero attached hydrogens (tertiary/aromatic N) is 1. The van der Waals surface area contributed by atoms with Gasteiger partial charge >= 0.3 is 5.97 Å². The molecule has 0 unspecified atom stereocenters. The van der Waals surface area contributed by atoms with Crippen LogP contribution in [-0.2, 0) is 4.74 Å². The molecule has 0 heterocycles. The third-order valence-electron chi connectivity index (χ3n) is 2.19. The van der Waals surface area contributed by atoms with Crippen molar-refractivity contribution in [1.29, 1.82) is 0 Å². The molecule has 0 amide bonds. The smallest absolute Gasteiger partial charge is 0.339 e. The number of non-ortho nitro benzene ring substituents is 1. The predicted molar refractivity (Wildman–Crippen MR) is 70.8 cm³/mol. The van der Waals surface area contributed by atoms with Crippen LogP contribution in [0.4, 0.5) is 5.69 Å². The fraction of sp³-hybridized carbons (Fsp3) is 0.357. The van der Waals surface area contributed by atoms with Crippen molar-refractivity contribution in [2.24, 2.45) is 5.41 Å². The summed E-state index contributed by atoms with van der Waals surface area (Å²) in [4.78, 5) is 21.8. The highest BCUT2D eigenvalue weighted by Gasteiger charge is 2.15. The number of hydrogen-bond donors (Lipinski definition) is 0. The number of carbonyl (C=O) groups excluding carboxylic acids is 1. The molecule has 5 heteroatoms. The molecule has 0 aliphatic rings. The zero-order valence-corrected chi connectivity index (χ0v) is 11.3. The predicted octanol–water partition coefficient (Wildman–Crippen LogP) is 2.78. The Balaban J connectivity index is 3.37. The van der Waals surface area contributed by atoms with Crippen molar-refractivity contribution < 1.29 is 14.5 Å². The van der Waals surface area contributed by atoms with E-state index in [1.807, 2.05) is 20.8 Å². The molecule has 1 aromatic carbocycles. The zero-order valence-electron chi connectivity index (χ0n) is 11.3. The SMILES string of the molecule is COC(=O)c1ccc([N+](=O)[O-])cc1C#CC(C)(C)C. The molecule has 19 heavy (non-hydrogen) atoms. The van der Waals surface area contributed by atoms with E-state index in [9.17, 15) is 14.9 Å². The molecule has 0 saturated heterocycles. The van der Waals surface area contributed by atoms with E-state index in [-0.39, 0.29) is 16.7 Å². The highest BCUT2D eigenvalue weighted by Crippen LogP contribution is 2.19. The molecular weight excluding hydrogens is 246 g/mol. The van der Waals surface area contributed by atoms with Crippen LogP contribution in [-0.4, -0.2) is 18.0 Å².